The van der Waals surface area contributed by atoms with Gasteiger partial charge >= 0.3 is 12.1 Å². The number of ketones is 1. The van der Waals surface area contributed by atoms with Crippen molar-refractivity contribution in [2.75, 3.05) is 20.8 Å². The largest absolute Gasteiger partial charge is 0.507 e. The molecule has 0 aliphatic carbocycles. The molecule has 0 spiro atoms. The fourth-order valence-electron chi connectivity index (χ4n) is 0.321. The number of rotatable bonds is 2. The van der Waals surface area contributed by atoms with Gasteiger partial charge in [-0.1, -0.05) is 21.8 Å². The molecular formula is C13H30O6. The highest BCUT2D eigenvalue weighted by Crippen LogP contribution is 1.77. The molecule has 0 aromatic rings. The molecule has 6 nitrogen and oxygen atoms in total. The van der Waals surface area contributed by atoms with Crippen LogP contribution in [0.2, 0.25) is 0 Å². The number of hydrogen-bond acceptors (Lipinski definition) is 6. The molecule has 0 radical (unpaired) electrons. The van der Waals surface area contributed by atoms with Crippen molar-refractivity contribution >= 4 is 17.9 Å². The highest BCUT2D eigenvalue weighted by molar-refractivity contribution is 5.72. The third-order valence-electron chi connectivity index (χ3n) is 0.945. The topological polar surface area (TPSA) is 78.9 Å². The zero-order chi connectivity index (χ0) is 14.3. The molecule has 0 atom stereocenters. The Hall–Kier alpha value is -1.59. The van der Waals surface area contributed by atoms with Crippen molar-refractivity contribution in [1.29, 1.82) is 0 Å². The zero-order valence-electron chi connectivity index (χ0n) is 11.4. The molecule has 0 unspecified atom stereocenters. The number of carbonyl (C=O) groups is 3. The van der Waals surface area contributed by atoms with Gasteiger partial charge in [0.05, 0.1) is 20.8 Å². The summed E-state index contributed by atoms with van der Waals surface area (Å²) in [6.45, 7) is 6.90. The van der Waals surface area contributed by atoms with Crippen molar-refractivity contribution in [2.45, 2.75) is 49.0 Å². The average Bonchev–Trinajstić information content (AvgIpc) is 2.28. The first-order chi connectivity index (χ1) is 7.85. The summed E-state index contributed by atoms with van der Waals surface area (Å²) in [5.74, 6) is 0.00926. The van der Waals surface area contributed by atoms with Crippen LogP contribution in [0.25, 0.3) is 0 Å². The molecule has 0 bridgehead atoms. The zero-order valence-corrected chi connectivity index (χ0v) is 11.4. The van der Waals surface area contributed by atoms with E-state index in [9.17, 15) is 14.4 Å². The van der Waals surface area contributed by atoms with Crippen LogP contribution in [0.3, 0.4) is 0 Å². The van der Waals surface area contributed by atoms with E-state index in [-0.39, 0.29) is 26.6 Å². The second kappa shape index (κ2) is 25.3. The van der Waals surface area contributed by atoms with E-state index in [0.29, 0.717) is 13.0 Å². The molecule has 0 fully saturated rings. The summed E-state index contributed by atoms with van der Waals surface area (Å²) >= 11 is 0. The Morgan fingerprint density at radius 3 is 1.32 bits per heavy atom. The summed E-state index contributed by atoms with van der Waals surface area (Å²) in [4.78, 5) is 29.4. The Morgan fingerprint density at radius 1 is 0.895 bits per heavy atom. The normalized spacial score (nSPS) is 6.63. The third kappa shape index (κ3) is 62.1. The van der Waals surface area contributed by atoms with Crippen LogP contribution in [0.4, 0.5) is 4.79 Å². The maximum atomic E-state index is 9.97. The van der Waals surface area contributed by atoms with Crippen LogP contribution in [0.5, 0.6) is 0 Å². The molecule has 0 aliphatic heterocycles. The van der Waals surface area contributed by atoms with E-state index in [1.807, 2.05) is 0 Å². The van der Waals surface area contributed by atoms with Gasteiger partial charge in [-0.05, 0) is 20.8 Å². The lowest BCUT2D eigenvalue weighted by atomic mass is 10.5. The number of ether oxygens (including phenoxy) is 3. The van der Waals surface area contributed by atoms with E-state index in [0.717, 1.165) is 0 Å². The smallest absolute Gasteiger partial charge is 0.469 e. The molecule has 0 aromatic carbocycles. The maximum Gasteiger partial charge on any atom is 0.507 e. The standard InChI is InChI=1S/C4H8O3.C4H8O2.C3H6O.2CH4/c1-3-7-4(5)6-2;1-3-4(5)6-2;1-3(2)4;;/h3H2,1-2H3;3H2,1-2H3;1-2H3;2*1H4. The molecule has 6 heteroatoms. The summed E-state index contributed by atoms with van der Waals surface area (Å²) in [7, 11) is 2.66. The van der Waals surface area contributed by atoms with Crippen LogP contribution in [-0.2, 0) is 23.8 Å². The Kier molecular flexibility index (Phi) is 40.5. The summed E-state index contributed by atoms with van der Waals surface area (Å²) in [5.41, 5.74) is 0. The van der Waals surface area contributed by atoms with Gasteiger partial charge < -0.3 is 19.0 Å². The number of Topliss-reactive ketones (excluding diaryl/α,β-unsaturated/α-hetero) is 1. The number of hydrogen-bond donors (Lipinski definition) is 0. The Morgan fingerprint density at radius 2 is 1.26 bits per heavy atom. The molecule has 0 amide bonds. The van der Waals surface area contributed by atoms with E-state index >= 15 is 0 Å². The van der Waals surface area contributed by atoms with Crippen LogP contribution >= 0.6 is 0 Å². The minimum Gasteiger partial charge on any atom is -0.469 e. The SMILES string of the molecule is C.C.CC(C)=O.CCC(=O)OC.CCOC(=O)OC. The summed E-state index contributed by atoms with van der Waals surface area (Å²) in [6.07, 6.45) is -0.154. The molecule has 118 valence electrons. The van der Waals surface area contributed by atoms with Crippen LogP contribution in [0.1, 0.15) is 49.0 Å². The molecule has 0 saturated heterocycles. The molecule has 0 aliphatic rings. The first-order valence-electron chi connectivity index (χ1n) is 5.10. The van der Waals surface area contributed by atoms with Gasteiger partial charge in [0.15, 0.2) is 0 Å². The van der Waals surface area contributed by atoms with Crippen molar-refractivity contribution in [1.82, 2.24) is 0 Å². The van der Waals surface area contributed by atoms with Gasteiger partial charge in [0, 0.05) is 6.42 Å². The van der Waals surface area contributed by atoms with Crippen molar-refractivity contribution in [3.05, 3.63) is 0 Å². The monoisotopic (exact) mass is 282 g/mol. The lowest BCUT2D eigenvalue weighted by Gasteiger charge is -1.94. The molecule has 19 heavy (non-hydrogen) atoms. The van der Waals surface area contributed by atoms with E-state index < -0.39 is 6.16 Å². The van der Waals surface area contributed by atoms with Gasteiger partial charge in [0.1, 0.15) is 5.78 Å². The highest BCUT2D eigenvalue weighted by Gasteiger charge is 1.92. The quantitative estimate of drug-likeness (QED) is 0.723. The summed E-state index contributed by atoms with van der Waals surface area (Å²) in [6, 6.07) is 0. The molecule has 0 N–H and O–H groups in total. The van der Waals surface area contributed by atoms with Gasteiger partial charge in [0.25, 0.3) is 0 Å². The predicted molar refractivity (Wildman–Crippen MR) is 76.2 cm³/mol. The van der Waals surface area contributed by atoms with Crippen molar-refractivity contribution < 1.29 is 28.6 Å². The average molecular weight is 282 g/mol. The fourth-order valence-corrected chi connectivity index (χ4v) is 0.321. The molecule has 0 heterocycles. The van der Waals surface area contributed by atoms with Crippen molar-refractivity contribution in [3.63, 3.8) is 0 Å². The van der Waals surface area contributed by atoms with Crippen molar-refractivity contribution in [3.8, 4) is 0 Å². The van der Waals surface area contributed by atoms with E-state index in [4.69, 9.17) is 0 Å². The first kappa shape index (κ1) is 30.4. The fraction of sp³-hybridized carbons (Fsp3) is 0.769. The van der Waals surface area contributed by atoms with Gasteiger partial charge in [-0.15, -0.1) is 0 Å². The second-order valence-corrected chi connectivity index (χ2v) is 2.73. The number of esters is 1. The van der Waals surface area contributed by atoms with E-state index in [1.54, 1.807) is 13.8 Å². The minimum absolute atomic E-state index is 0. The molecule has 0 rings (SSSR count). The van der Waals surface area contributed by atoms with Gasteiger partial charge in [-0.25, -0.2) is 4.79 Å². The van der Waals surface area contributed by atoms with Crippen LogP contribution in [-0.4, -0.2) is 38.7 Å². The van der Waals surface area contributed by atoms with E-state index in [1.165, 1.54) is 28.1 Å². The lowest BCUT2D eigenvalue weighted by Crippen LogP contribution is -2.02. The number of methoxy groups -OCH3 is 2. The van der Waals surface area contributed by atoms with Crippen LogP contribution < -0.4 is 0 Å². The molecule has 0 saturated carbocycles. The number of carbonyl (C=O) groups excluding carboxylic acids is 3. The van der Waals surface area contributed by atoms with Gasteiger partial charge in [-0.3, -0.25) is 4.79 Å². The first-order valence-corrected chi connectivity index (χ1v) is 5.10. The second-order valence-electron chi connectivity index (χ2n) is 2.73. The van der Waals surface area contributed by atoms with Crippen LogP contribution in [0, 0.1) is 0 Å². The van der Waals surface area contributed by atoms with Crippen LogP contribution in [0.15, 0.2) is 0 Å². The minimum atomic E-state index is -0.623. The Balaban J connectivity index is -0.0000000506. The summed E-state index contributed by atoms with van der Waals surface area (Å²) < 4.78 is 12.7. The van der Waals surface area contributed by atoms with Gasteiger partial charge in [0.2, 0.25) is 0 Å². The highest BCUT2D eigenvalue weighted by atomic mass is 16.7. The Labute approximate surface area is 117 Å². The van der Waals surface area contributed by atoms with Gasteiger partial charge in [-0.2, -0.15) is 0 Å². The molecule has 0 aromatic heterocycles. The predicted octanol–water partition coefficient (Wildman–Crippen LogP) is 3.23. The summed E-state index contributed by atoms with van der Waals surface area (Å²) in [5, 5.41) is 0. The van der Waals surface area contributed by atoms with E-state index in [2.05, 4.69) is 14.2 Å². The van der Waals surface area contributed by atoms with Crippen molar-refractivity contribution in [2.24, 2.45) is 0 Å². The lowest BCUT2D eigenvalue weighted by molar-refractivity contribution is -0.140. The maximum absolute atomic E-state index is 9.97. The third-order valence-corrected chi connectivity index (χ3v) is 0.945. The Bertz CT molecular complexity index is 203. The molecular weight excluding hydrogens is 252 g/mol.